The molecule has 0 unspecified atom stereocenters. The van der Waals surface area contributed by atoms with Crippen LogP contribution in [0.2, 0.25) is 0 Å². The van der Waals surface area contributed by atoms with Crippen LogP contribution in [-0.4, -0.2) is 57.6 Å². The number of piperazine rings is 1. The van der Waals surface area contributed by atoms with Crippen LogP contribution in [0.4, 0.5) is 5.82 Å². The van der Waals surface area contributed by atoms with Gasteiger partial charge in [0, 0.05) is 45.7 Å². The molecule has 30 heavy (non-hydrogen) atoms. The van der Waals surface area contributed by atoms with Crippen LogP contribution in [0, 0.1) is 0 Å². The zero-order chi connectivity index (χ0) is 20.9. The molecule has 0 spiro atoms. The van der Waals surface area contributed by atoms with Gasteiger partial charge in [-0.05, 0) is 17.7 Å². The van der Waals surface area contributed by atoms with Crippen LogP contribution < -0.4 is 5.32 Å². The Labute approximate surface area is 175 Å². The molecule has 1 saturated heterocycles. The number of para-hydroxylation sites is 1. The predicted octanol–water partition coefficient (Wildman–Crippen LogP) is 2.79. The van der Waals surface area contributed by atoms with E-state index < -0.39 is 0 Å². The zero-order valence-electron chi connectivity index (χ0n) is 17.0. The lowest BCUT2D eigenvalue weighted by atomic mass is 10.2. The quantitative estimate of drug-likeness (QED) is 0.711. The second-order valence-electron chi connectivity index (χ2n) is 7.40. The Morgan fingerprint density at radius 3 is 2.20 bits per heavy atom. The molecule has 1 aromatic heterocycles. The fourth-order valence-electron chi connectivity index (χ4n) is 3.63. The first-order valence-electron chi connectivity index (χ1n) is 10.1. The Bertz CT molecular complexity index is 1010. The van der Waals surface area contributed by atoms with Crippen LogP contribution >= 0.6 is 0 Å². The normalized spacial score (nSPS) is 14.5. The highest BCUT2D eigenvalue weighted by Gasteiger charge is 2.25. The summed E-state index contributed by atoms with van der Waals surface area (Å²) in [6.07, 6.45) is 0. The fraction of sp³-hybridized carbons (Fsp3) is 0.261. The summed E-state index contributed by atoms with van der Waals surface area (Å²) in [5.41, 5.74) is 2.39. The van der Waals surface area contributed by atoms with Gasteiger partial charge in [0.05, 0.1) is 5.69 Å². The van der Waals surface area contributed by atoms with Gasteiger partial charge in [0.2, 0.25) is 5.91 Å². The molecule has 0 atom stereocenters. The molecule has 7 nitrogen and oxygen atoms in total. The Hall–Kier alpha value is -3.45. The van der Waals surface area contributed by atoms with Crippen molar-refractivity contribution in [2.24, 2.45) is 0 Å². The Morgan fingerprint density at radius 2 is 1.57 bits per heavy atom. The van der Waals surface area contributed by atoms with E-state index in [1.165, 1.54) is 12.5 Å². The SMILES string of the molecule is CC(=O)Nc1cc(C(=O)N2CCN(Cc3ccccc3)CC2)nn1-c1ccccc1. The van der Waals surface area contributed by atoms with E-state index in [0.717, 1.165) is 25.3 Å². The summed E-state index contributed by atoms with van der Waals surface area (Å²) in [6, 6.07) is 21.5. The van der Waals surface area contributed by atoms with Crippen molar-refractivity contribution in [2.45, 2.75) is 13.5 Å². The fourth-order valence-corrected chi connectivity index (χ4v) is 3.63. The maximum absolute atomic E-state index is 13.1. The van der Waals surface area contributed by atoms with E-state index in [9.17, 15) is 9.59 Å². The molecule has 7 heteroatoms. The maximum Gasteiger partial charge on any atom is 0.274 e. The number of nitrogens with zero attached hydrogens (tertiary/aromatic N) is 4. The monoisotopic (exact) mass is 403 g/mol. The van der Waals surface area contributed by atoms with Gasteiger partial charge in [0.15, 0.2) is 5.69 Å². The first-order chi connectivity index (χ1) is 14.6. The van der Waals surface area contributed by atoms with Crippen molar-refractivity contribution in [1.29, 1.82) is 0 Å². The van der Waals surface area contributed by atoms with Crippen LogP contribution in [0.3, 0.4) is 0 Å². The summed E-state index contributed by atoms with van der Waals surface area (Å²) in [7, 11) is 0. The van der Waals surface area contributed by atoms with E-state index in [2.05, 4.69) is 27.4 Å². The lowest BCUT2D eigenvalue weighted by Crippen LogP contribution is -2.48. The number of hydrogen-bond donors (Lipinski definition) is 1. The zero-order valence-corrected chi connectivity index (χ0v) is 17.0. The Kier molecular flexibility index (Phi) is 5.90. The highest BCUT2D eigenvalue weighted by molar-refractivity contribution is 5.95. The van der Waals surface area contributed by atoms with Crippen LogP contribution in [0.15, 0.2) is 66.7 Å². The van der Waals surface area contributed by atoms with Crippen LogP contribution in [-0.2, 0) is 11.3 Å². The third-order valence-corrected chi connectivity index (χ3v) is 5.14. The summed E-state index contributed by atoms with van der Waals surface area (Å²) in [4.78, 5) is 28.9. The van der Waals surface area contributed by atoms with Crippen molar-refractivity contribution in [3.8, 4) is 5.69 Å². The molecule has 154 valence electrons. The molecular weight excluding hydrogens is 378 g/mol. The average Bonchev–Trinajstić information content (AvgIpc) is 3.18. The number of benzene rings is 2. The number of carbonyl (C=O) groups excluding carboxylic acids is 2. The number of nitrogens with one attached hydrogen (secondary N) is 1. The van der Waals surface area contributed by atoms with Gasteiger partial charge < -0.3 is 10.2 Å². The lowest BCUT2D eigenvalue weighted by molar-refractivity contribution is -0.114. The van der Waals surface area contributed by atoms with Gasteiger partial charge >= 0.3 is 0 Å². The first-order valence-corrected chi connectivity index (χ1v) is 10.1. The molecule has 3 aromatic rings. The number of hydrogen-bond acceptors (Lipinski definition) is 4. The van der Waals surface area contributed by atoms with E-state index >= 15 is 0 Å². The molecule has 1 N–H and O–H groups in total. The van der Waals surface area contributed by atoms with Crippen molar-refractivity contribution in [3.63, 3.8) is 0 Å². The van der Waals surface area contributed by atoms with Gasteiger partial charge in [0.25, 0.3) is 5.91 Å². The first kappa shape index (κ1) is 19.8. The summed E-state index contributed by atoms with van der Waals surface area (Å²) in [6.45, 7) is 5.27. The molecule has 1 aliphatic rings. The molecule has 2 heterocycles. The summed E-state index contributed by atoms with van der Waals surface area (Å²) in [5, 5.41) is 7.26. The summed E-state index contributed by atoms with van der Waals surface area (Å²) < 4.78 is 1.60. The summed E-state index contributed by atoms with van der Waals surface area (Å²) in [5.74, 6) is 0.163. The molecule has 1 aliphatic heterocycles. The minimum absolute atomic E-state index is 0.115. The smallest absolute Gasteiger partial charge is 0.274 e. The molecule has 0 bridgehead atoms. The van der Waals surface area contributed by atoms with Gasteiger partial charge in [0.1, 0.15) is 5.82 Å². The van der Waals surface area contributed by atoms with Gasteiger partial charge in [-0.3, -0.25) is 14.5 Å². The van der Waals surface area contributed by atoms with E-state index in [1.54, 1.807) is 10.7 Å². The Morgan fingerprint density at radius 1 is 0.933 bits per heavy atom. The number of carbonyl (C=O) groups is 2. The van der Waals surface area contributed by atoms with Crippen molar-refractivity contribution in [1.82, 2.24) is 19.6 Å². The second kappa shape index (κ2) is 8.92. The predicted molar refractivity (Wildman–Crippen MR) is 115 cm³/mol. The molecule has 0 radical (unpaired) electrons. The van der Waals surface area contributed by atoms with E-state index in [4.69, 9.17) is 0 Å². The highest BCUT2D eigenvalue weighted by Crippen LogP contribution is 2.19. The lowest BCUT2D eigenvalue weighted by Gasteiger charge is -2.34. The molecule has 0 saturated carbocycles. The maximum atomic E-state index is 13.1. The van der Waals surface area contributed by atoms with Crippen molar-refractivity contribution in [2.75, 3.05) is 31.5 Å². The van der Waals surface area contributed by atoms with Crippen LogP contribution in [0.1, 0.15) is 23.0 Å². The molecule has 1 fully saturated rings. The number of anilines is 1. The van der Waals surface area contributed by atoms with E-state index in [0.29, 0.717) is 24.6 Å². The minimum Gasteiger partial charge on any atom is -0.335 e. The molecule has 0 aliphatic carbocycles. The van der Waals surface area contributed by atoms with Gasteiger partial charge in [-0.1, -0.05) is 48.5 Å². The highest BCUT2D eigenvalue weighted by atomic mass is 16.2. The third-order valence-electron chi connectivity index (χ3n) is 5.14. The average molecular weight is 403 g/mol. The largest absolute Gasteiger partial charge is 0.335 e. The van der Waals surface area contributed by atoms with Crippen LogP contribution in [0.5, 0.6) is 0 Å². The van der Waals surface area contributed by atoms with Gasteiger partial charge in [-0.25, -0.2) is 4.68 Å². The van der Waals surface area contributed by atoms with Gasteiger partial charge in [-0.15, -0.1) is 0 Å². The van der Waals surface area contributed by atoms with Crippen molar-refractivity contribution in [3.05, 3.63) is 78.0 Å². The molecule has 2 amide bonds. The van der Waals surface area contributed by atoms with Crippen LogP contribution in [0.25, 0.3) is 5.69 Å². The van der Waals surface area contributed by atoms with Crippen molar-refractivity contribution >= 4 is 17.6 Å². The van der Waals surface area contributed by atoms with E-state index in [-0.39, 0.29) is 11.8 Å². The third kappa shape index (κ3) is 4.58. The Balaban J connectivity index is 1.46. The van der Waals surface area contributed by atoms with Crippen molar-refractivity contribution < 1.29 is 9.59 Å². The molecular formula is C23H25N5O2. The second-order valence-corrected chi connectivity index (χ2v) is 7.40. The molecule has 2 aromatic carbocycles. The number of aromatic nitrogens is 2. The number of rotatable bonds is 5. The molecule has 4 rings (SSSR count). The summed E-state index contributed by atoms with van der Waals surface area (Å²) >= 11 is 0. The number of amides is 2. The van der Waals surface area contributed by atoms with Gasteiger partial charge in [-0.2, -0.15) is 5.10 Å². The minimum atomic E-state index is -0.208. The topological polar surface area (TPSA) is 70.5 Å². The standard InChI is InChI=1S/C23H25N5O2/c1-18(29)24-22-16-21(25-28(22)20-10-6-3-7-11-20)23(30)27-14-12-26(13-15-27)17-19-8-4-2-5-9-19/h2-11,16H,12-15,17H2,1H3,(H,24,29). The van der Waals surface area contributed by atoms with E-state index in [1.807, 2.05) is 53.4 Å².